The molecule has 0 radical (unpaired) electrons. The van der Waals surface area contributed by atoms with E-state index in [1.54, 1.807) is 21.3 Å². The van der Waals surface area contributed by atoms with Crippen molar-refractivity contribution in [2.45, 2.75) is 38.8 Å². The first kappa shape index (κ1) is 20.7. The van der Waals surface area contributed by atoms with Gasteiger partial charge in [-0.1, -0.05) is 6.58 Å². The van der Waals surface area contributed by atoms with Gasteiger partial charge < -0.3 is 27.5 Å². The summed E-state index contributed by atoms with van der Waals surface area (Å²) >= 11 is 0. The van der Waals surface area contributed by atoms with Crippen LogP contribution in [-0.2, 0) is 22.1 Å². The molecule has 1 N–H and O–H groups in total. The summed E-state index contributed by atoms with van der Waals surface area (Å²) in [5.74, 6) is 1.38. The first-order valence-corrected chi connectivity index (χ1v) is 14.4. The summed E-state index contributed by atoms with van der Waals surface area (Å²) in [5.41, 5.74) is -0.329. The van der Waals surface area contributed by atoms with Crippen molar-refractivity contribution < 1.29 is 22.1 Å². The van der Waals surface area contributed by atoms with Gasteiger partial charge in [0.25, 0.3) is 16.6 Å². The lowest BCUT2D eigenvalue weighted by Crippen LogP contribution is -2.58. The van der Waals surface area contributed by atoms with Crippen molar-refractivity contribution in [3.8, 4) is 0 Å². The highest BCUT2D eigenvalue weighted by Crippen LogP contribution is 2.25. The fourth-order valence-corrected chi connectivity index (χ4v) is 8.24. The molecular weight excluding hydrogens is 322 g/mol. The van der Waals surface area contributed by atoms with Gasteiger partial charge in [-0.05, 0) is 33.1 Å². The topological polar surface area (TPSA) is 70.0 Å². The molecule has 1 unspecified atom stereocenters. The number of hydrogen-bond donors (Lipinski definition) is 1. The van der Waals surface area contributed by atoms with Crippen molar-refractivity contribution in [2.24, 2.45) is 0 Å². The molecule has 0 aromatic rings. The van der Waals surface area contributed by atoms with E-state index in [-0.39, 0.29) is 5.73 Å². The zero-order valence-corrected chi connectivity index (χ0v) is 17.4. The average molecular weight is 352 g/mol. The molecule has 0 heterocycles. The summed E-state index contributed by atoms with van der Waals surface area (Å²) in [7, 11) is -2.68. The molecule has 0 rings (SSSR count). The highest BCUT2D eigenvalue weighted by molar-refractivity contribution is 6.96. The Balaban J connectivity index is 5.02. The Morgan fingerprint density at radius 1 is 1.05 bits per heavy atom. The minimum absolute atomic E-state index is 0.329. The van der Waals surface area contributed by atoms with E-state index in [9.17, 15) is 0 Å². The molecule has 6 nitrogen and oxygen atoms in total. The van der Waals surface area contributed by atoms with Gasteiger partial charge in [0.1, 0.15) is 5.73 Å². The molecule has 1 atom stereocenters. The highest BCUT2D eigenvalue weighted by atomic mass is 28.4. The van der Waals surface area contributed by atoms with Gasteiger partial charge in [0, 0.05) is 27.2 Å². The van der Waals surface area contributed by atoms with Crippen LogP contribution in [0, 0.1) is 5.41 Å². The smallest absolute Gasteiger partial charge is 0.528 e. The van der Waals surface area contributed by atoms with Crippen LogP contribution in [-0.4, -0.2) is 58.3 Å². The Morgan fingerprint density at radius 2 is 1.48 bits per heavy atom. The summed E-state index contributed by atoms with van der Waals surface area (Å²) in [4.78, 5) is 0. The average Bonchev–Trinajstić information content (AvgIpc) is 2.40. The molecule has 0 bridgehead atoms. The van der Waals surface area contributed by atoms with E-state index in [2.05, 4.69) is 6.58 Å². The summed E-state index contributed by atoms with van der Waals surface area (Å²) in [6.07, 6.45) is 0. The lowest BCUT2D eigenvalue weighted by Gasteiger charge is -2.37. The summed E-state index contributed by atoms with van der Waals surface area (Å²) < 4.78 is 28.4. The number of nitrogens with one attached hydrogen (secondary N) is 1. The summed E-state index contributed by atoms with van der Waals surface area (Å²) in [5, 5.41) is 8.05. The number of rotatable bonds is 10. The van der Waals surface area contributed by atoms with Crippen LogP contribution in [0.4, 0.5) is 0 Å². The van der Waals surface area contributed by atoms with Gasteiger partial charge in [0.2, 0.25) is 0 Å². The highest BCUT2D eigenvalue weighted by Gasteiger charge is 2.49. The van der Waals surface area contributed by atoms with Crippen LogP contribution >= 0.6 is 0 Å². The Kier molecular flexibility index (Phi) is 7.70. The Labute approximate surface area is 131 Å². The largest absolute Gasteiger partial charge is 0.543 e. The van der Waals surface area contributed by atoms with Crippen LogP contribution in [0.1, 0.15) is 6.92 Å². The molecule has 0 aromatic carbocycles. The molecule has 0 aliphatic heterocycles. The first-order valence-electron chi connectivity index (χ1n) is 6.73. The fourth-order valence-electron chi connectivity index (χ4n) is 1.80. The molecule has 0 amide bonds. The number of hydrogen-bond acceptors (Lipinski definition) is 6. The van der Waals surface area contributed by atoms with Crippen molar-refractivity contribution in [1.29, 1.82) is 5.41 Å². The Hall–Kier alpha value is -0.299. The summed E-state index contributed by atoms with van der Waals surface area (Å²) in [6, 6.07) is 0. The predicted molar refractivity (Wildman–Crippen MR) is 91.3 cm³/mol. The lowest BCUT2D eigenvalue weighted by atomic mass is 10.9. The maximum absolute atomic E-state index is 7.43. The molecule has 21 heavy (non-hydrogen) atoms. The maximum atomic E-state index is 7.43. The van der Waals surface area contributed by atoms with Gasteiger partial charge in [-0.2, -0.15) is 0 Å². The monoisotopic (exact) mass is 351 g/mol. The van der Waals surface area contributed by atoms with Crippen molar-refractivity contribution in [3.63, 3.8) is 0 Å². The van der Waals surface area contributed by atoms with Gasteiger partial charge in [0.15, 0.2) is 0 Å². The van der Waals surface area contributed by atoms with E-state index in [4.69, 9.17) is 27.5 Å². The molecule has 0 saturated carbocycles. The molecule has 0 spiro atoms. The molecule has 0 saturated heterocycles. The zero-order chi connectivity index (χ0) is 16.9. The van der Waals surface area contributed by atoms with E-state index in [1.165, 1.54) is 5.84 Å². The quantitative estimate of drug-likeness (QED) is 0.372. The minimum atomic E-state index is -2.86. The molecule has 0 aliphatic carbocycles. The van der Waals surface area contributed by atoms with E-state index in [0.29, 0.717) is 5.38 Å². The lowest BCUT2D eigenvalue weighted by molar-refractivity contribution is 0.0706. The van der Waals surface area contributed by atoms with E-state index in [0.717, 1.165) is 0 Å². The van der Waals surface area contributed by atoms with E-state index in [1.807, 2.05) is 33.1 Å². The zero-order valence-electron chi connectivity index (χ0n) is 14.4. The molecule has 0 aliphatic rings. The Bertz CT molecular complexity index is 364. The van der Waals surface area contributed by atoms with Crippen LogP contribution in [0.15, 0.2) is 12.0 Å². The maximum Gasteiger partial charge on any atom is 0.528 e. The van der Waals surface area contributed by atoms with Gasteiger partial charge >= 0.3 is 8.80 Å². The Morgan fingerprint density at radius 3 is 1.81 bits per heavy atom. The van der Waals surface area contributed by atoms with E-state index < -0.39 is 25.4 Å². The van der Waals surface area contributed by atoms with Gasteiger partial charge in [-0.25, -0.2) is 0 Å². The van der Waals surface area contributed by atoms with Crippen molar-refractivity contribution in [1.82, 2.24) is 0 Å². The molecule has 9 heteroatoms. The van der Waals surface area contributed by atoms with Gasteiger partial charge in [-0.15, -0.1) is 0 Å². The van der Waals surface area contributed by atoms with Crippen LogP contribution in [0.25, 0.3) is 0 Å². The summed E-state index contributed by atoms with van der Waals surface area (Å²) in [6.45, 7) is 13.8. The van der Waals surface area contributed by atoms with Crippen molar-refractivity contribution in [3.05, 3.63) is 12.0 Å². The second-order valence-corrected chi connectivity index (χ2v) is 16.5. The third kappa shape index (κ3) is 5.43. The normalized spacial score (nSPS) is 14.7. The molecule has 124 valence electrons. The van der Waals surface area contributed by atoms with Crippen LogP contribution in [0.3, 0.4) is 0 Å². The van der Waals surface area contributed by atoms with Gasteiger partial charge in [-0.3, -0.25) is 0 Å². The molecular formula is C12H29NO5Si3. The second kappa shape index (κ2) is 7.81. The standard InChI is InChI=1S/C12H29NO5Si3/c1-11(17-19(6,7)10-13)20(8,9)18-12(2)21(14-3,15-4)16-5/h10,12-13H,1H2,2-9H3. The van der Waals surface area contributed by atoms with Crippen LogP contribution < -0.4 is 0 Å². The third-order valence-corrected chi connectivity index (χ3v) is 10.3. The molecule has 0 aromatic heterocycles. The molecule has 0 fully saturated rings. The predicted octanol–water partition coefficient (Wildman–Crippen LogP) is 2.48. The van der Waals surface area contributed by atoms with Crippen LogP contribution in [0.2, 0.25) is 26.2 Å². The minimum Gasteiger partial charge on any atom is -0.543 e. The van der Waals surface area contributed by atoms with Crippen LogP contribution in [0.5, 0.6) is 0 Å². The fraction of sp³-hybridized carbons (Fsp3) is 0.750. The van der Waals surface area contributed by atoms with Crippen molar-refractivity contribution >= 4 is 31.3 Å². The SMILES string of the molecule is C=C(O[Si](C)(C)C=N)[Si](C)(C)OC(C)[Si](OC)(OC)OC. The third-order valence-electron chi connectivity index (χ3n) is 3.23. The first-order chi connectivity index (χ1) is 9.50. The second-order valence-electron chi connectivity index (χ2n) is 5.76. The van der Waals surface area contributed by atoms with Crippen molar-refractivity contribution in [2.75, 3.05) is 21.3 Å². The van der Waals surface area contributed by atoms with Gasteiger partial charge in [0.05, 0.1) is 5.38 Å². The van der Waals surface area contributed by atoms with E-state index >= 15 is 0 Å².